The van der Waals surface area contributed by atoms with Gasteiger partial charge in [0.25, 0.3) is 0 Å². The molecule has 5 heteroatoms. The number of amides is 2. The fourth-order valence-corrected chi connectivity index (χ4v) is 2.19. The van der Waals surface area contributed by atoms with E-state index in [2.05, 4.69) is 16.7 Å². The van der Waals surface area contributed by atoms with E-state index in [9.17, 15) is 9.59 Å². The number of hydrogen-bond donors (Lipinski definition) is 2. The van der Waals surface area contributed by atoms with Crippen molar-refractivity contribution in [3.63, 3.8) is 0 Å². The summed E-state index contributed by atoms with van der Waals surface area (Å²) in [4.78, 5) is 23.4. The Morgan fingerprint density at radius 1 is 1.53 bits per heavy atom. The van der Waals surface area contributed by atoms with Crippen molar-refractivity contribution in [1.82, 2.24) is 10.6 Å². The molecule has 1 aliphatic rings. The second kappa shape index (κ2) is 5.17. The van der Waals surface area contributed by atoms with Gasteiger partial charge in [-0.05, 0) is 32.6 Å². The van der Waals surface area contributed by atoms with Gasteiger partial charge in [0.15, 0.2) is 0 Å². The first-order valence-corrected chi connectivity index (χ1v) is 5.95. The summed E-state index contributed by atoms with van der Waals surface area (Å²) in [6.45, 7) is 5.97. The van der Waals surface area contributed by atoms with Crippen molar-refractivity contribution in [2.45, 2.75) is 39.7 Å². The molecule has 2 amide bonds. The van der Waals surface area contributed by atoms with Gasteiger partial charge in [-0.2, -0.15) is 5.26 Å². The molecule has 1 rings (SSSR count). The van der Waals surface area contributed by atoms with Crippen molar-refractivity contribution in [2.24, 2.45) is 11.3 Å². The monoisotopic (exact) mass is 237 g/mol. The predicted octanol–water partition coefficient (Wildman–Crippen LogP) is 0.567. The van der Waals surface area contributed by atoms with Crippen LogP contribution in [0.2, 0.25) is 0 Å². The van der Waals surface area contributed by atoms with Crippen molar-refractivity contribution in [1.29, 1.82) is 5.26 Å². The van der Waals surface area contributed by atoms with Crippen LogP contribution < -0.4 is 10.6 Å². The van der Waals surface area contributed by atoms with Crippen LogP contribution in [0.1, 0.15) is 33.6 Å². The SMILES string of the molecule is CCNC(=O)C(C)NC(=O)C1(C#N)CC(C)C1. The zero-order valence-corrected chi connectivity index (χ0v) is 10.5. The lowest BCUT2D eigenvalue weighted by Crippen LogP contribution is -2.53. The fourth-order valence-electron chi connectivity index (χ4n) is 2.19. The molecule has 1 atom stereocenters. The minimum atomic E-state index is -0.916. The number of rotatable bonds is 4. The summed E-state index contributed by atoms with van der Waals surface area (Å²) in [6, 6.07) is 1.48. The first-order chi connectivity index (χ1) is 7.95. The molecule has 0 aliphatic heterocycles. The van der Waals surface area contributed by atoms with Crippen molar-refractivity contribution in [3.05, 3.63) is 0 Å². The molecule has 1 aliphatic carbocycles. The lowest BCUT2D eigenvalue weighted by Gasteiger charge is -2.39. The molecule has 0 saturated heterocycles. The topological polar surface area (TPSA) is 82.0 Å². The quantitative estimate of drug-likeness (QED) is 0.749. The van der Waals surface area contributed by atoms with E-state index < -0.39 is 11.5 Å². The summed E-state index contributed by atoms with van der Waals surface area (Å²) in [5, 5.41) is 14.3. The molecule has 94 valence electrons. The molecule has 0 spiro atoms. The molecule has 2 N–H and O–H groups in total. The lowest BCUT2D eigenvalue weighted by atomic mass is 9.63. The van der Waals surface area contributed by atoms with Gasteiger partial charge in [0, 0.05) is 6.54 Å². The van der Waals surface area contributed by atoms with E-state index in [0.717, 1.165) is 0 Å². The van der Waals surface area contributed by atoms with Gasteiger partial charge < -0.3 is 10.6 Å². The standard InChI is InChI=1S/C12H19N3O2/c1-4-14-10(16)9(3)15-11(17)12(7-13)5-8(2)6-12/h8-9H,4-6H2,1-3H3,(H,14,16)(H,15,17). The van der Waals surface area contributed by atoms with Gasteiger partial charge in [-0.3, -0.25) is 9.59 Å². The summed E-state index contributed by atoms with van der Waals surface area (Å²) in [5.41, 5.74) is -0.916. The van der Waals surface area contributed by atoms with Crippen LogP contribution >= 0.6 is 0 Å². The van der Waals surface area contributed by atoms with Gasteiger partial charge in [-0.1, -0.05) is 6.92 Å². The Labute approximate surface area is 102 Å². The third kappa shape index (κ3) is 2.76. The highest BCUT2D eigenvalue weighted by Crippen LogP contribution is 2.45. The molecular formula is C12H19N3O2. The van der Waals surface area contributed by atoms with Crippen LogP contribution in [-0.2, 0) is 9.59 Å². The maximum absolute atomic E-state index is 11.9. The molecule has 1 saturated carbocycles. The van der Waals surface area contributed by atoms with Gasteiger partial charge in [-0.25, -0.2) is 0 Å². The summed E-state index contributed by atoms with van der Waals surface area (Å²) in [7, 11) is 0. The normalized spacial score (nSPS) is 28.5. The number of nitrogens with one attached hydrogen (secondary N) is 2. The Morgan fingerprint density at radius 2 is 2.12 bits per heavy atom. The van der Waals surface area contributed by atoms with Crippen LogP contribution in [-0.4, -0.2) is 24.4 Å². The Morgan fingerprint density at radius 3 is 2.53 bits per heavy atom. The van der Waals surface area contributed by atoms with Crippen molar-refractivity contribution in [3.8, 4) is 6.07 Å². The third-order valence-electron chi connectivity index (χ3n) is 3.13. The van der Waals surface area contributed by atoms with E-state index in [1.165, 1.54) is 0 Å². The van der Waals surface area contributed by atoms with Crippen LogP contribution in [0, 0.1) is 22.7 Å². The number of nitriles is 1. The maximum atomic E-state index is 11.9. The van der Waals surface area contributed by atoms with E-state index in [4.69, 9.17) is 5.26 Å². The van der Waals surface area contributed by atoms with E-state index in [-0.39, 0.29) is 11.8 Å². The highest BCUT2D eigenvalue weighted by molar-refractivity contribution is 5.91. The number of nitrogens with zero attached hydrogens (tertiary/aromatic N) is 1. The molecule has 1 fully saturated rings. The predicted molar refractivity (Wildman–Crippen MR) is 62.7 cm³/mol. The molecule has 0 heterocycles. The molecule has 0 radical (unpaired) electrons. The first-order valence-electron chi connectivity index (χ1n) is 5.95. The number of likely N-dealkylation sites (N-methyl/N-ethyl adjacent to an activating group) is 1. The zero-order chi connectivity index (χ0) is 13.1. The van der Waals surface area contributed by atoms with Gasteiger partial charge in [0.2, 0.25) is 11.8 Å². The second-order valence-electron chi connectivity index (χ2n) is 4.80. The van der Waals surface area contributed by atoms with Gasteiger partial charge >= 0.3 is 0 Å². The van der Waals surface area contributed by atoms with Crippen molar-refractivity contribution < 1.29 is 9.59 Å². The van der Waals surface area contributed by atoms with Crippen LogP contribution in [0.25, 0.3) is 0 Å². The second-order valence-corrected chi connectivity index (χ2v) is 4.80. The zero-order valence-electron chi connectivity index (χ0n) is 10.5. The largest absolute Gasteiger partial charge is 0.355 e. The average molecular weight is 237 g/mol. The van der Waals surface area contributed by atoms with E-state index in [0.29, 0.717) is 25.3 Å². The molecule has 0 aromatic heterocycles. The lowest BCUT2D eigenvalue weighted by molar-refractivity contribution is -0.137. The average Bonchev–Trinajstić information content (AvgIpc) is 2.24. The number of carbonyl (C=O) groups is 2. The van der Waals surface area contributed by atoms with E-state index in [1.807, 2.05) is 13.8 Å². The number of hydrogen-bond acceptors (Lipinski definition) is 3. The Kier molecular flexibility index (Phi) is 4.11. The Hall–Kier alpha value is -1.57. The van der Waals surface area contributed by atoms with Crippen LogP contribution in [0.4, 0.5) is 0 Å². The molecule has 0 aromatic carbocycles. The molecule has 0 aromatic rings. The molecular weight excluding hydrogens is 218 g/mol. The minimum absolute atomic E-state index is 0.221. The van der Waals surface area contributed by atoms with Crippen molar-refractivity contribution in [2.75, 3.05) is 6.54 Å². The third-order valence-corrected chi connectivity index (χ3v) is 3.13. The first kappa shape index (κ1) is 13.5. The van der Waals surface area contributed by atoms with E-state index >= 15 is 0 Å². The van der Waals surface area contributed by atoms with Gasteiger partial charge in [0.1, 0.15) is 11.5 Å². The smallest absolute Gasteiger partial charge is 0.242 e. The number of carbonyl (C=O) groups excluding carboxylic acids is 2. The molecule has 1 unspecified atom stereocenters. The summed E-state index contributed by atoms with van der Waals surface area (Å²) >= 11 is 0. The van der Waals surface area contributed by atoms with E-state index in [1.54, 1.807) is 6.92 Å². The molecule has 5 nitrogen and oxygen atoms in total. The Balaban J connectivity index is 2.55. The van der Waals surface area contributed by atoms with Crippen LogP contribution in [0.5, 0.6) is 0 Å². The summed E-state index contributed by atoms with van der Waals surface area (Å²) in [5.74, 6) is -0.140. The summed E-state index contributed by atoms with van der Waals surface area (Å²) < 4.78 is 0. The summed E-state index contributed by atoms with van der Waals surface area (Å²) in [6.07, 6.45) is 1.16. The fraction of sp³-hybridized carbons (Fsp3) is 0.750. The maximum Gasteiger partial charge on any atom is 0.242 e. The molecule has 0 bridgehead atoms. The Bertz CT molecular complexity index is 353. The van der Waals surface area contributed by atoms with Gasteiger partial charge in [-0.15, -0.1) is 0 Å². The minimum Gasteiger partial charge on any atom is -0.355 e. The van der Waals surface area contributed by atoms with Crippen LogP contribution in [0.15, 0.2) is 0 Å². The highest BCUT2D eigenvalue weighted by Gasteiger charge is 2.49. The van der Waals surface area contributed by atoms with Crippen LogP contribution in [0.3, 0.4) is 0 Å². The highest BCUT2D eigenvalue weighted by atomic mass is 16.2. The van der Waals surface area contributed by atoms with Crippen molar-refractivity contribution >= 4 is 11.8 Å². The molecule has 17 heavy (non-hydrogen) atoms. The van der Waals surface area contributed by atoms with Gasteiger partial charge in [0.05, 0.1) is 6.07 Å².